The molecule has 0 fully saturated rings. The van der Waals surface area contributed by atoms with Crippen molar-refractivity contribution < 1.29 is 0 Å². The van der Waals surface area contributed by atoms with Crippen molar-refractivity contribution in [1.82, 2.24) is 25.3 Å². The fourth-order valence-electron chi connectivity index (χ4n) is 2.33. The SMILES string of the molecule is CCCNC(c1cnc2ccsc2c1)c1c(Br)nnn1C. The second-order valence-electron chi connectivity index (χ2n) is 4.85. The van der Waals surface area contributed by atoms with Crippen LogP contribution in [0.4, 0.5) is 0 Å². The van der Waals surface area contributed by atoms with Crippen molar-refractivity contribution >= 4 is 37.5 Å². The van der Waals surface area contributed by atoms with E-state index in [1.165, 1.54) is 4.70 Å². The monoisotopic (exact) mass is 365 g/mol. The van der Waals surface area contributed by atoms with Crippen LogP contribution in [0.2, 0.25) is 0 Å². The van der Waals surface area contributed by atoms with Gasteiger partial charge in [0.05, 0.1) is 22.0 Å². The number of hydrogen-bond donors (Lipinski definition) is 1. The van der Waals surface area contributed by atoms with Crippen LogP contribution < -0.4 is 5.32 Å². The first-order chi connectivity index (χ1) is 10.2. The summed E-state index contributed by atoms with van der Waals surface area (Å²) in [7, 11) is 1.91. The molecular formula is C14H16BrN5S. The molecule has 0 aliphatic heterocycles. The minimum absolute atomic E-state index is 0.0262. The van der Waals surface area contributed by atoms with Gasteiger partial charge >= 0.3 is 0 Å². The van der Waals surface area contributed by atoms with E-state index in [1.54, 1.807) is 16.0 Å². The molecule has 1 atom stereocenters. The number of nitrogens with zero attached hydrogens (tertiary/aromatic N) is 4. The molecule has 1 N–H and O–H groups in total. The van der Waals surface area contributed by atoms with Gasteiger partial charge in [0.1, 0.15) is 0 Å². The second kappa shape index (κ2) is 6.21. The average molecular weight is 366 g/mol. The highest BCUT2D eigenvalue weighted by atomic mass is 79.9. The Hall–Kier alpha value is -1.31. The Kier molecular flexibility index (Phi) is 4.32. The maximum Gasteiger partial charge on any atom is 0.153 e. The summed E-state index contributed by atoms with van der Waals surface area (Å²) >= 11 is 5.21. The second-order valence-corrected chi connectivity index (χ2v) is 6.55. The normalized spacial score (nSPS) is 12.9. The molecule has 0 bridgehead atoms. The molecule has 7 heteroatoms. The van der Waals surface area contributed by atoms with Crippen LogP contribution in [0.1, 0.15) is 30.6 Å². The van der Waals surface area contributed by atoms with Gasteiger partial charge in [-0.1, -0.05) is 12.1 Å². The molecule has 0 spiro atoms. The molecule has 3 aromatic heterocycles. The number of pyridine rings is 1. The van der Waals surface area contributed by atoms with E-state index in [4.69, 9.17) is 0 Å². The van der Waals surface area contributed by atoms with Gasteiger partial charge in [-0.3, -0.25) is 4.98 Å². The third-order valence-electron chi connectivity index (χ3n) is 3.36. The van der Waals surface area contributed by atoms with E-state index in [1.807, 2.05) is 19.3 Å². The van der Waals surface area contributed by atoms with Crippen LogP contribution in [-0.4, -0.2) is 26.5 Å². The van der Waals surface area contributed by atoms with Crippen molar-refractivity contribution in [3.63, 3.8) is 0 Å². The number of rotatable bonds is 5. The molecule has 1 unspecified atom stereocenters. The standard InChI is InChI=1S/C14H16BrN5S/c1-3-5-16-12(13-14(15)18-19-20(13)2)9-7-11-10(17-8-9)4-6-21-11/h4,6-8,12,16H,3,5H2,1-2H3. The molecular weight excluding hydrogens is 350 g/mol. The van der Waals surface area contributed by atoms with Gasteiger partial charge in [-0.05, 0) is 52.0 Å². The molecule has 3 heterocycles. The van der Waals surface area contributed by atoms with E-state index in [0.717, 1.165) is 34.3 Å². The maximum absolute atomic E-state index is 4.54. The Morgan fingerprint density at radius 3 is 3.05 bits per heavy atom. The third kappa shape index (κ3) is 2.86. The van der Waals surface area contributed by atoms with E-state index in [2.05, 4.69) is 54.9 Å². The molecule has 0 aliphatic rings. The zero-order valence-corrected chi connectivity index (χ0v) is 14.3. The lowest BCUT2D eigenvalue weighted by molar-refractivity contribution is 0.549. The third-order valence-corrected chi connectivity index (χ3v) is 4.77. The fraction of sp³-hybridized carbons (Fsp3) is 0.357. The smallest absolute Gasteiger partial charge is 0.153 e. The van der Waals surface area contributed by atoms with Gasteiger partial charge in [-0.15, -0.1) is 16.4 Å². The average Bonchev–Trinajstić information content (AvgIpc) is 3.07. The number of nitrogens with one attached hydrogen (secondary N) is 1. The lowest BCUT2D eigenvalue weighted by Crippen LogP contribution is -2.25. The summed E-state index contributed by atoms with van der Waals surface area (Å²) in [4.78, 5) is 4.54. The number of aryl methyl sites for hydroxylation is 1. The van der Waals surface area contributed by atoms with Crippen LogP contribution in [0, 0.1) is 0 Å². The fourth-order valence-corrected chi connectivity index (χ4v) is 3.67. The maximum atomic E-state index is 4.54. The molecule has 0 saturated carbocycles. The number of hydrogen-bond acceptors (Lipinski definition) is 5. The summed E-state index contributed by atoms with van der Waals surface area (Å²) in [5.41, 5.74) is 3.19. The molecule has 5 nitrogen and oxygen atoms in total. The number of thiophene rings is 1. The molecule has 0 amide bonds. The zero-order chi connectivity index (χ0) is 14.8. The van der Waals surface area contributed by atoms with E-state index in [9.17, 15) is 0 Å². The van der Waals surface area contributed by atoms with Gasteiger partial charge in [0, 0.05) is 13.2 Å². The van der Waals surface area contributed by atoms with E-state index in [-0.39, 0.29) is 6.04 Å². The van der Waals surface area contributed by atoms with Crippen LogP contribution in [0.15, 0.2) is 28.3 Å². The lowest BCUT2D eigenvalue weighted by Gasteiger charge is -2.19. The predicted octanol–water partition coefficient (Wildman–Crippen LogP) is 3.28. The van der Waals surface area contributed by atoms with Gasteiger partial charge in [0.15, 0.2) is 4.60 Å². The first kappa shape index (κ1) is 14.6. The van der Waals surface area contributed by atoms with Crippen molar-refractivity contribution in [2.75, 3.05) is 6.54 Å². The van der Waals surface area contributed by atoms with Gasteiger partial charge in [0.25, 0.3) is 0 Å². The van der Waals surface area contributed by atoms with Crippen LogP contribution in [0.5, 0.6) is 0 Å². The van der Waals surface area contributed by atoms with E-state index in [0.29, 0.717) is 0 Å². The van der Waals surface area contributed by atoms with Crippen LogP contribution >= 0.6 is 27.3 Å². The summed E-state index contributed by atoms with van der Waals surface area (Å²) in [6.07, 6.45) is 3.00. The minimum atomic E-state index is 0.0262. The highest BCUT2D eigenvalue weighted by Crippen LogP contribution is 2.29. The minimum Gasteiger partial charge on any atom is -0.305 e. The van der Waals surface area contributed by atoms with Crippen LogP contribution in [-0.2, 0) is 7.05 Å². The number of halogens is 1. The topological polar surface area (TPSA) is 55.6 Å². The van der Waals surface area contributed by atoms with Crippen molar-refractivity contribution in [2.45, 2.75) is 19.4 Å². The van der Waals surface area contributed by atoms with Crippen LogP contribution in [0.3, 0.4) is 0 Å². The number of fused-ring (bicyclic) bond motifs is 1. The van der Waals surface area contributed by atoms with Crippen LogP contribution in [0.25, 0.3) is 10.2 Å². The van der Waals surface area contributed by atoms with E-state index >= 15 is 0 Å². The number of aromatic nitrogens is 4. The molecule has 0 saturated heterocycles. The Labute approximate surface area is 135 Å². The van der Waals surface area contributed by atoms with Crippen molar-refractivity contribution in [1.29, 1.82) is 0 Å². The highest BCUT2D eigenvalue weighted by Gasteiger charge is 2.22. The molecule has 110 valence electrons. The van der Waals surface area contributed by atoms with Crippen molar-refractivity contribution in [3.05, 3.63) is 39.6 Å². The largest absolute Gasteiger partial charge is 0.305 e. The highest BCUT2D eigenvalue weighted by molar-refractivity contribution is 9.10. The lowest BCUT2D eigenvalue weighted by atomic mass is 10.1. The molecule has 21 heavy (non-hydrogen) atoms. The molecule has 3 rings (SSSR count). The molecule has 0 radical (unpaired) electrons. The van der Waals surface area contributed by atoms with Gasteiger partial charge < -0.3 is 5.32 Å². The Balaban J connectivity index is 2.05. The Bertz CT molecular complexity index is 731. The van der Waals surface area contributed by atoms with Gasteiger partial charge in [-0.2, -0.15) is 0 Å². The Morgan fingerprint density at radius 2 is 2.33 bits per heavy atom. The molecule has 0 aromatic carbocycles. The first-order valence-corrected chi connectivity index (χ1v) is 8.49. The zero-order valence-electron chi connectivity index (χ0n) is 11.9. The van der Waals surface area contributed by atoms with Crippen molar-refractivity contribution in [3.8, 4) is 0 Å². The van der Waals surface area contributed by atoms with Crippen molar-refractivity contribution in [2.24, 2.45) is 7.05 Å². The summed E-state index contributed by atoms with van der Waals surface area (Å²) < 4.78 is 3.77. The summed E-state index contributed by atoms with van der Waals surface area (Å²) in [5, 5.41) is 13.8. The Morgan fingerprint density at radius 1 is 1.48 bits per heavy atom. The van der Waals surface area contributed by atoms with E-state index < -0.39 is 0 Å². The predicted molar refractivity (Wildman–Crippen MR) is 88.5 cm³/mol. The molecule has 3 aromatic rings. The quantitative estimate of drug-likeness (QED) is 0.753. The molecule has 0 aliphatic carbocycles. The summed E-state index contributed by atoms with van der Waals surface area (Å²) in [6, 6.07) is 4.26. The summed E-state index contributed by atoms with van der Waals surface area (Å²) in [6.45, 7) is 3.08. The van der Waals surface area contributed by atoms with Gasteiger partial charge in [0.2, 0.25) is 0 Å². The summed E-state index contributed by atoms with van der Waals surface area (Å²) in [5.74, 6) is 0. The van der Waals surface area contributed by atoms with Gasteiger partial charge in [-0.25, -0.2) is 4.68 Å². The first-order valence-electron chi connectivity index (χ1n) is 6.82.